The van der Waals surface area contributed by atoms with Gasteiger partial charge in [0.15, 0.2) is 0 Å². The minimum absolute atomic E-state index is 0.0136. The standard InChI is InChI=1S/C11H22O/c1-4-8(2)11-6-5-10(12)7-9(11)3/h8-12H,4-7H2,1-3H3/t8-,9-,10-,11+/m0/s1. The topological polar surface area (TPSA) is 20.2 Å². The SMILES string of the molecule is CC[C@H](C)[C@H]1CC[C@H](O)C[C@@H]1C. The number of hydrogen-bond acceptors (Lipinski definition) is 1. The molecule has 1 aliphatic carbocycles. The van der Waals surface area contributed by atoms with Crippen molar-refractivity contribution in [1.29, 1.82) is 0 Å². The summed E-state index contributed by atoms with van der Waals surface area (Å²) in [5.41, 5.74) is 0. The molecule has 0 aromatic carbocycles. The summed E-state index contributed by atoms with van der Waals surface area (Å²) in [6.07, 6.45) is 4.55. The number of aliphatic hydroxyl groups excluding tert-OH is 1. The first kappa shape index (κ1) is 10.0. The van der Waals surface area contributed by atoms with Crippen LogP contribution in [0.4, 0.5) is 0 Å². The second-order valence-electron chi connectivity index (χ2n) is 4.49. The predicted octanol–water partition coefficient (Wildman–Crippen LogP) is 2.83. The maximum atomic E-state index is 9.45. The molecule has 12 heavy (non-hydrogen) atoms. The Kier molecular flexibility index (Phi) is 3.57. The van der Waals surface area contributed by atoms with Crippen LogP contribution in [0.15, 0.2) is 0 Å². The van der Waals surface area contributed by atoms with Crippen molar-refractivity contribution in [3.8, 4) is 0 Å². The van der Waals surface area contributed by atoms with Crippen LogP contribution in [0.5, 0.6) is 0 Å². The number of rotatable bonds is 2. The van der Waals surface area contributed by atoms with E-state index in [0.717, 1.165) is 30.6 Å². The molecular weight excluding hydrogens is 148 g/mol. The minimum atomic E-state index is -0.0136. The van der Waals surface area contributed by atoms with Crippen molar-refractivity contribution in [3.05, 3.63) is 0 Å². The van der Waals surface area contributed by atoms with Gasteiger partial charge >= 0.3 is 0 Å². The van der Waals surface area contributed by atoms with Gasteiger partial charge in [-0.15, -0.1) is 0 Å². The van der Waals surface area contributed by atoms with Crippen LogP contribution in [0.25, 0.3) is 0 Å². The Hall–Kier alpha value is -0.0400. The van der Waals surface area contributed by atoms with Crippen LogP contribution in [-0.4, -0.2) is 11.2 Å². The Balaban J connectivity index is 2.44. The van der Waals surface area contributed by atoms with Crippen molar-refractivity contribution in [3.63, 3.8) is 0 Å². The van der Waals surface area contributed by atoms with Gasteiger partial charge < -0.3 is 5.11 Å². The fourth-order valence-electron chi connectivity index (χ4n) is 2.54. The molecule has 1 heteroatoms. The zero-order chi connectivity index (χ0) is 9.14. The van der Waals surface area contributed by atoms with E-state index in [2.05, 4.69) is 20.8 Å². The molecule has 0 spiro atoms. The van der Waals surface area contributed by atoms with E-state index in [9.17, 15) is 5.11 Å². The lowest BCUT2D eigenvalue weighted by Gasteiger charge is -2.35. The predicted molar refractivity (Wildman–Crippen MR) is 52.0 cm³/mol. The summed E-state index contributed by atoms with van der Waals surface area (Å²) >= 11 is 0. The highest BCUT2D eigenvalue weighted by atomic mass is 16.3. The molecule has 0 unspecified atom stereocenters. The number of hydrogen-bond donors (Lipinski definition) is 1. The maximum Gasteiger partial charge on any atom is 0.0543 e. The van der Waals surface area contributed by atoms with Crippen molar-refractivity contribution < 1.29 is 5.11 Å². The first-order valence-electron chi connectivity index (χ1n) is 5.33. The molecule has 1 rings (SSSR count). The molecule has 1 nitrogen and oxygen atoms in total. The molecule has 0 bridgehead atoms. The Morgan fingerprint density at radius 3 is 2.58 bits per heavy atom. The van der Waals surface area contributed by atoms with Crippen molar-refractivity contribution >= 4 is 0 Å². The Morgan fingerprint density at radius 2 is 2.08 bits per heavy atom. The summed E-state index contributed by atoms with van der Waals surface area (Å²) in [6.45, 7) is 6.90. The summed E-state index contributed by atoms with van der Waals surface area (Å²) < 4.78 is 0. The highest BCUT2D eigenvalue weighted by Gasteiger charge is 2.29. The highest BCUT2D eigenvalue weighted by molar-refractivity contribution is 4.79. The van der Waals surface area contributed by atoms with Gasteiger partial charge in [0.05, 0.1) is 6.10 Å². The summed E-state index contributed by atoms with van der Waals surface area (Å²) in [4.78, 5) is 0. The Labute approximate surface area is 76.2 Å². The van der Waals surface area contributed by atoms with Crippen molar-refractivity contribution in [2.45, 2.75) is 52.6 Å². The zero-order valence-corrected chi connectivity index (χ0v) is 8.59. The molecule has 1 N–H and O–H groups in total. The van der Waals surface area contributed by atoms with Crippen LogP contribution in [0, 0.1) is 17.8 Å². The van der Waals surface area contributed by atoms with Gasteiger partial charge in [-0.1, -0.05) is 27.2 Å². The van der Waals surface area contributed by atoms with Crippen molar-refractivity contribution in [2.24, 2.45) is 17.8 Å². The van der Waals surface area contributed by atoms with Gasteiger partial charge in [0.2, 0.25) is 0 Å². The van der Waals surface area contributed by atoms with E-state index in [4.69, 9.17) is 0 Å². The van der Waals surface area contributed by atoms with Gasteiger partial charge in [-0.05, 0) is 37.0 Å². The minimum Gasteiger partial charge on any atom is -0.393 e. The molecule has 0 aromatic heterocycles. The molecule has 1 aliphatic rings. The lowest BCUT2D eigenvalue weighted by molar-refractivity contribution is 0.0555. The highest BCUT2D eigenvalue weighted by Crippen LogP contribution is 2.36. The average Bonchev–Trinajstić information content (AvgIpc) is 2.03. The first-order chi connectivity index (χ1) is 5.65. The summed E-state index contributed by atoms with van der Waals surface area (Å²) in [6, 6.07) is 0. The molecule has 0 amide bonds. The van der Waals surface area contributed by atoms with Gasteiger partial charge in [-0.25, -0.2) is 0 Å². The molecule has 0 aliphatic heterocycles. The van der Waals surface area contributed by atoms with Gasteiger partial charge in [0, 0.05) is 0 Å². The fourth-order valence-corrected chi connectivity index (χ4v) is 2.54. The van der Waals surface area contributed by atoms with Gasteiger partial charge in [-0.3, -0.25) is 0 Å². The van der Waals surface area contributed by atoms with E-state index in [1.54, 1.807) is 0 Å². The van der Waals surface area contributed by atoms with Crippen molar-refractivity contribution in [1.82, 2.24) is 0 Å². The maximum absolute atomic E-state index is 9.45. The van der Waals surface area contributed by atoms with Gasteiger partial charge in [0.25, 0.3) is 0 Å². The summed E-state index contributed by atoms with van der Waals surface area (Å²) in [5.74, 6) is 2.43. The molecule has 0 aromatic rings. The van der Waals surface area contributed by atoms with E-state index in [1.807, 2.05) is 0 Å². The van der Waals surface area contributed by atoms with E-state index < -0.39 is 0 Å². The molecule has 4 atom stereocenters. The summed E-state index contributed by atoms with van der Waals surface area (Å²) in [5, 5.41) is 9.45. The normalized spacial score (nSPS) is 39.5. The van der Waals surface area contributed by atoms with E-state index in [0.29, 0.717) is 0 Å². The molecule has 72 valence electrons. The molecular formula is C11H22O. The van der Waals surface area contributed by atoms with Crippen LogP contribution in [-0.2, 0) is 0 Å². The van der Waals surface area contributed by atoms with Gasteiger partial charge in [-0.2, -0.15) is 0 Å². The van der Waals surface area contributed by atoms with E-state index in [1.165, 1.54) is 12.8 Å². The molecule has 1 fully saturated rings. The van der Waals surface area contributed by atoms with Crippen molar-refractivity contribution in [2.75, 3.05) is 0 Å². The monoisotopic (exact) mass is 170 g/mol. The van der Waals surface area contributed by atoms with Crippen LogP contribution >= 0.6 is 0 Å². The van der Waals surface area contributed by atoms with Crippen LogP contribution in [0.3, 0.4) is 0 Å². The summed E-state index contributed by atoms with van der Waals surface area (Å²) in [7, 11) is 0. The van der Waals surface area contributed by atoms with Crippen LogP contribution in [0.1, 0.15) is 46.5 Å². The van der Waals surface area contributed by atoms with E-state index in [-0.39, 0.29) is 6.10 Å². The third-order valence-electron chi connectivity index (χ3n) is 3.58. The lowest BCUT2D eigenvalue weighted by atomic mass is 9.72. The Morgan fingerprint density at radius 1 is 1.42 bits per heavy atom. The fraction of sp³-hybridized carbons (Fsp3) is 1.00. The lowest BCUT2D eigenvalue weighted by Crippen LogP contribution is -2.29. The number of aliphatic hydroxyl groups is 1. The third-order valence-corrected chi connectivity index (χ3v) is 3.58. The smallest absolute Gasteiger partial charge is 0.0543 e. The molecule has 0 radical (unpaired) electrons. The Bertz CT molecular complexity index is 133. The zero-order valence-electron chi connectivity index (χ0n) is 8.59. The van der Waals surface area contributed by atoms with E-state index >= 15 is 0 Å². The molecule has 0 heterocycles. The molecule has 0 saturated heterocycles. The van der Waals surface area contributed by atoms with Gasteiger partial charge in [0.1, 0.15) is 0 Å². The molecule has 1 saturated carbocycles. The second kappa shape index (κ2) is 4.27. The largest absolute Gasteiger partial charge is 0.393 e. The second-order valence-corrected chi connectivity index (χ2v) is 4.49. The first-order valence-corrected chi connectivity index (χ1v) is 5.33. The van der Waals surface area contributed by atoms with Crippen LogP contribution < -0.4 is 0 Å². The van der Waals surface area contributed by atoms with Crippen LogP contribution in [0.2, 0.25) is 0 Å². The average molecular weight is 170 g/mol. The third kappa shape index (κ3) is 2.22. The quantitative estimate of drug-likeness (QED) is 0.675.